The third kappa shape index (κ3) is 4.88. The predicted molar refractivity (Wildman–Crippen MR) is 57.0 cm³/mol. The first kappa shape index (κ1) is 14.8. The fraction of sp³-hybridized carbons (Fsp3) is 1.00. The van der Waals surface area contributed by atoms with Crippen molar-refractivity contribution in [3.8, 4) is 0 Å². The highest BCUT2D eigenvalue weighted by Gasteiger charge is 2.55. The van der Waals surface area contributed by atoms with Crippen LogP contribution in [0.1, 0.15) is 0 Å². The van der Waals surface area contributed by atoms with E-state index in [1.54, 1.807) is 0 Å². The Morgan fingerprint density at radius 3 is 2.08 bits per heavy atom. The summed E-state index contributed by atoms with van der Waals surface area (Å²) in [5.74, 6) is -2.51. The van der Waals surface area contributed by atoms with Gasteiger partial charge in [0, 0.05) is 4.57 Å². The van der Waals surface area contributed by atoms with E-state index in [0.29, 0.717) is 0 Å². The van der Waals surface area contributed by atoms with E-state index in [1.165, 1.54) is 0 Å². The quantitative estimate of drug-likeness (QED) is 0.360. The molecule has 0 aliphatic rings. The molecule has 0 heterocycles. The summed E-state index contributed by atoms with van der Waals surface area (Å²) >= 11 is 8.45. The van der Waals surface area contributed by atoms with Crippen molar-refractivity contribution >= 4 is 65.1 Å². The Kier molecular flexibility index (Phi) is 6.53. The third-order valence-electron chi connectivity index (χ3n) is 0.744. The Bertz CT molecular complexity index is 195. The van der Waals surface area contributed by atoms with Gasteiger partial charge in [-0.25, -0.2) is 0 Å². The van der Waals surface area contributed by atoms with E-state index in [4.69, 9.17) is 9.79 Å². The maximum absolute atomic E-state index is 10.3. The van der Waals surface area contributed by atoms with E-state index in [0.717, 1.165) is 0 Å². The fourth-order valence-corrected chi connectivity index (χ4v) is 2.38. The van der Waals surface area contributed by atoms with Gasteiger partial charge < -0.3 is 10.00 Å². The Labute approximate surface area is 101 Å². The number of halogens is 3. The van der Waals surface area contributed by atoms with Crippen molar-refractivity contribution in [1.82, 2.24) is 0 Å². The number of hydrogen-bond acceptors (Lipinski definition) is 5. The highest BCUT2D eigenvalue weighted by atomic mass is 80.0. The molecule has 3 N–H and O–H groups in total. The molecule has 0 amide bonds. The summed E-state index contributed by atoms with van der Waals surface area (Å²) in [5.41, 5.74) is 0. The fourth-order valence-electron chi connectivity index (χ4n) is 0.296. The summed E-state index contributed by atoms with van der Waals surface area (Å²) in [6.07, 6.45) is 0. The van der Waals surface area contributed by atoms with Crippen LogP contribution in [-0.4, -0.2) is 23.0 Å². The van der Waals surface area contributed by atoms with Crippen LogP contribution in [0.25, 0.3) is 0 Å². The molecule has 0 aromatic rings. The lowest BCUT2D eigenvalue weighted by molar-refractivity contribution is -0.259. The molecule has 0 rings (SSSR count). The average molecular weight is 426 g/mol. The molecule has 3 unspecified atom stereocenters. The van der Waals surface area contributed by atoms with Crippen molar-refractivity contribution in [3.05, 3.63) is 0 Å². The van der Waals surface area contributed by atoms with Gasteiger partial charge in [0.1, 0.15) is 0 Å². The minimum atomic E-state index is -3.09. The van der Waals surface area contributed by atoms with Crippen LogP contribution in [0.15, 0.2) is 0 Å². The van der Waals surface area contributed by atoms with Crippen molar-refractivity contribution in [1.29, 1.82) is 0 Å². The number of hydrogen-bond donors (Lipinski definition) is 3. The predicted octanol–water partition coefficient (Wildman–Crippen LogP) is 1.65. The average Bonchev–Trinajstić information content (AvgIpc) is 1.82. The molecule has 0 spiro atoms. The molecular weight excluding hydrogens is 422 g/mol. The van der Waals surface area contributed by atoms with Gasteiger partial charge in [-0.15, -0.1) is 4.89 Å². The maximum atomic E-state index is 10.3. The third-order valence-corrected chi connectivity index (χ3v) is 3.02. The van der Waals surface area contributed by atoms with Gasteiger partial charge in [0.2, 0.25) is 2.14 Å². The maximum Gasteiger partial charge on any atom is 0.700 e. The molecule has 0 aliphatic heterocycles. The molecule has 0 bridgehead atoms. The van der Waals surface area contributed by atoms with Gasteiger partial charge in [0.25, 0.3) is 0 Å². The zero-order valence-electron chi connectivity index (χ0n) is 5.65. The number of aliphatic hydroxyl groups is 1. The molecule has 0 aromatic heterocycles. The van der Waals surface area contributed by atoms with Gasteiger partial charge in [-0.05, 0) is 4.52 Å². The summed E-state index contributed by atoms with van der Waals surface area (Å²) in [4.78, 5) is 16.8. The van der Waals surface area contributed by atoms with E-state index >= 15 is 0 Å². The summed E-state index contributed by atoms with van der Waals surface area (Å²) in [5, 5.41) is 9.44. The van der Waals surface area contributed by atoms with Crippen LogP contribution in [0.3, 0.4) is 0 Å². The molecule has 0 saturated heterocycles. The lowest BCUT2D eigenvalue weighted by Gasteiger charge is -2.27. The first-order chi connectivity index (χ1) is 5.73. The lowest BCUT2D eigenvalue weighted by Crippen LogP contribution is -2.43. The zero-order chi connectivity index (χ0) is 10.7. The van der Waals surface area contributed by atoms with Crippen LogP contribution in [-0.2, 0) is 13.6 Å². The van der Waals surface area contributed by atoms with E-state index in [2.05, 4.69) is 56.8 Å². The van der Waals surface area contributed by atoms with Crippen LogP contribution >= 0.6 is 65.1 Å². The van der Waals surface area contributed by atoms with Crippen LogP contribution in [0.2, 0.25) is 0 Å². The smallest absolute Gasteiger partial charge is 0.352 e. The van der Waals surface area contributed by atoms with E-state index in [9.17, 15) is 9.67 Å². The summed E-state index contributed by atoms with van der Waals surface area (Å²) in [6, 6.07) is 0. The Balaban J connectivity index is 4.62. The van der Waals surface area contributed by atoms with Gasteiger partial charge in [-0.1, -0.05) is 47.8 Å². The van der Waals surface area contributed by atoms with Gasteiger partial charge in [-0.3, -0.25) is 4.52 Å². The highest BCUT2D eigenvalue weighted by molar-refractivity contribution is 9.39. The minimum absolute atomic E-state index is 1.12. The van der Waals surface area contributed by atoms with Gasteiger partial charge in [0.15, 0.2) is 9.03 Å². The van der Waals surface area contributed by atoms with Gasteiger partial charge in [0.05, 0.1) is 0 Å². The Hall–Kier alpha value is 1.77. The second-order valence-electron chi connectivity index (χ2n) is 1.60. The molecule has 0 radical (unpaired) electrons. The Morgan fingerprint density at radius 2 is 1.85 bits per heavy atom. The molecule has 78 valence electrons. The van der Waals surface area contributed by atoms with Gasteiger partial charge >= 0.3 is 14.2 Å². The molecule has 3 atom stereocenters. The first-order valence-corrected chi connectivity index (χ1v) is 6.81. The Morgan fingerprint density at radius 1 is 1.38 bits per heavy atom. The van der Waals surface area contributed by atoms with E-state index in [-0.39, 0.29) is 0 Å². The number of alkyl halides is 3. The molecule has 6 nitrogen and oxygen atoms in total. The van der Waals surface area contributed by atoms with Crippen molar-refractivity contribution < 1.29 is 28.5 Å². The second kappa shape index (κ2) is 5.75. The zero-order valence-corrected chi connectivity index (χ0v) is 12.3. The monoisotopic (exact) mass is 423 g/mol. The van der Waals surface area contributed by atoms with Crippen LogP contribution in [0, 0.1) is 0 Å². The van der Waals surface area contributed by atoms with Crippen molar-refractivity contribution in [2.45, 2.75) is 8.12 Å². The topological polar surface area (TPSA) is 96.2 Å². The molecule has 0 fully saturated rings. The van der Waals surface area contributed by atoms with Crippen molar-refractivity contribution in [3.63, 3.8) is 0 Å². The summed E-state index contributed by atoms with van der Waals surface area (Å²) in [6.45, 7) is 0. The molecule has 0 aromatic carbocycles. The normalized spacial score (nSPS) is 19.1. The molecule has 11 heteroatoms. The molecule has 0 saturated carbocycles. The summed E-state index contributed by atoms with van der Waals surface area (Å²) in [7, 11) is -4.21. The largest absolute Gasteiger partial charge is 0.700 e. The first-order valence-electron chi connectivity index (χ1n) is 2.44. The van der Waals surface area contributed by atoms with Crippen LogP contribution in [0.4, 0.5) is 0 Å². The standard InChI is InChI=1S/C2H3Br3O6P2/c3-1(4,5)2(6,10-12-7)11-13(8)9/h6-7,12H/p+1. The lowest BCUT2D eigenvalue weighted by atomic mass is 10.7. The highest BCUT2D eigenvalue weighted by Crippen LogP contribution is 2.50. The van der Waals surface area contributed by atoms with Crippen molar-refractivity contribution in [2.75, 3.05) is 0 Å². The van der Waals surface area contributed by atoms with Crippen LogP contribution < -0.4 is 0 Å². The molecule has 0 aliphatic carbocycles. The second-order valence-corrected chi connectivity index (χ2v) is 9.41. The SMILES string of the molecule is O=[P+](O)OC(O)(OPO)C(Br)(Br)Br. The molecule has 13 heavy (non-hydrogen) atoms. The van der Waals surface area contributed by atoms with E-state index in [1.807, 2.05) is 0 Å². The van der Waals surface area contributed by atoms with Crippen LogP contribution in [0.5, 0.6) is 0 Å². The molecular formula is C2H4Br3O6P2+. The van der Waals surface area contributed by atoms with E-state index < -0.39 is 25.4 Å². The van der Waals surface area contributed by atoms with Crippen molar-refractivity contribution in [2.24, 2.45) is 0 Å². The van der Waals surface area contributed by atoms with Gasteiger partial charge in [-0.2, -0.15) is 0 Å². The number of rotatable bonds is 4. The minimum Gasteiger partial charge on any atom is -0.352 e. The summed E-state index contributed by atoms with van der Waals surface area (Å²) < 4.78 is 17.3.